The van der Waals surface area contributed by atoms with E-state index in [2.05, 4.69) is 4.98 Å². The number of amides is 1. The van der Waals surface area contributed by atoms with E-state index >= 15 is 0 Å². The van der Waals surface area contributed by atoms with Crippen LogP contribution < -0.4 is 10.5 Å². The summed E-state index contributed by atoms with van der Waals surface area (Å²) in [6.07, 6.45) is -3.98. The molecule has 5 rings (SSSR count). The van der Waals surface area contributed by atoms with Crippen molar-refractivity contribution >= 4 is 22.6 Å². The van der Waals surface area contributed by atoms with Crippen molar-refractivity contribution in [3.63, 3.8) is 0 Å². The average Bonchev–Trinajstić information content (AvgIpc) is 3.28. The highest BCUT2D eigenvalue weighted by atomic mass is 19.4. The van der Waals surface area contributed by atoms with Gasteiger partial charge < -0.3 is 20.1 Å². The Morgan fingerprint density at radius 2 is 1.94 bits per heavy atom. The van der Waals surface area contributed by atoms with E-state index in [-0.39, 0.29) is 18.3 Å². The standard InChI is InChI=1S/C23H20F3N3O3/c1-29(19-6-7-32-20-9-13(23(24,25)26)3-4-14(19)20)22(30)12-2-5-18-15(8-12)16-10-31-11-17(16)21(27)28-18/h2-5,8-9,19H,6-7,10-11H2,1H3,(H2,27,28)/t19-/m1/s1. The van der Waals surface area contributed by atoms with Gasteiger partial charge in [-0.3, -0.25) is 4.79 Å². The fraction of sp³-hybridized carbons (Fsp3) is 0.304. The van der Waals surface area contributed by atoms with E-state index in [0.29, 0.717) is 42.1 Å². The van der Waals surface area contributed by atoms with Gasteiger partial charge in [-0.2, -0.15) is 13.2 Å². The zero-order chi connectivity index (χ0) is 22.6. The first-order valence-electron chi connectivity index (χ1n) is 10.1. The maximum absolute atomic E-state index is 13.3. The van der Waals surface area contributed by atoms with Crippen LogP contribution in [0.15, 0.2) is 36.4 Å². The second-order valence-corrected chi connectivity index (χ2v) is 8.00. The average molecular weight is 443 g/mol. The second-order valence-electron chi connectivity index (χ2n) is 8.00. The molecule has 166 valence electrons. The first-order valence-corrected chi connectivity index (χ1v) is 10.1. The van der Waals surface area contributed by atoms with Crippen molar-refractivity contribution in [2.45, 2.75) is 31.9 Å². The maximum atomic E-state index is 13.3. The van der Waals surface area contributed by atoms with E-state index in [1.165, 1.54) is 6.07 Å². The van der Waals surface area contributed by atoms with E-state index in [1.807, 2.05) is 0 Å². The highest BCUT2D eigenvalue weighted by molar-refractivity contribution is 5.99. The monoisotopic (exact) mass is 443 g/mol. The van der Waals surface area contributed by atoms with Crippen LogP contribution in [0.25, 0.3) is 10.9 Å². The second kappa shape index (κ2) is 7.37. The molecule has 6 nitrogen and oxygen atoms in total. The Kier molecular flexibility index (Phi) is 4.74. The van der Waals surface area contributed by atoms with Crippen LogP contribution >= 0.6 is 0 Å². The van der Waals surface area contributed by atoms with E-state index in [4.69, 9.17) is 15.2 Å². The number of nitrogens with two attached hydrogens (primary N) is 1. The molecule has 2 N–H and O–H groups in total. The van der Waals surface area contributed by atoms with Crippen LogP contribution in [0.2, 0.25) is 0 Å². The first kappa shape index (κ1) is 20.6. The summed E-state index contributed by atoms with van der Waals surface area (Å²) in [6, 6.07) is 8.22. The van der Waals surface area contributed by atoms with E-state index in [0.717, 1.165) is 28.6 Å². The molecular formula is C23H20F3N3O3. The summed E-state index contributed by atoms with van der Waals surface area (Å²) in [5, 5.41) is 0.813. The summed E-state index contributed by atoms with van der Waals surface area (Å²) in [4.78, 5) is 19.3. The molecule has 1 amide bonds. The molecule has 1 atom stereocenters. The summed E-state index contributed by atoms with van der Waals surface area (Å²) >= 11 is 0. The molecule has 3 heterocycles. The minimum Gasteiger partial charge on any atom is -0.493 e. The van der Waals surface area contributed by atoms with Crippen LogP contribution in [0.5, 0.6) is 5.75 Å². The van der Waals surface area contributed by atoms with Crippen LogP contribution in [-0.4, -0.2) is 29.4 Å². The number of alkyl halides is 3. The zero-order valence-electron chi connectivity index (χ0n) is 17.2. The van der Waals surface area contributed by atoms with Gasteiger partial charge in [-0.05, 0) is 35.9 Å². The fourth-order valence-electron chi connectivity index (χ4n) is 4.40. The van der Waals surface area contributed by atoms with Crippen molar-refractivity contribution in [3.05, 3.63) is 64.2 Å². The molecule has 2 aliphatic heterocycles. The third kappa shape index (κ3) is 3.33. The summed E-state index contributed by atoms with van der Waals surface area (Å²) in [5.41, 5.74) is 8.72. The third-order valence-corrected chi connectivity index (χ3v) is 6.11. The molecule has 0 fully saturated rings. The summed E-state index contributed by atoms with van der Waals surface area (Å²) < 4.78 is 50.2. The molecule has 2 aromatic carbocycles. The molecule has 9 heteroatoms. The first-order chi connectivity index (χ1) is 15.2. The largest absolute Gasteiger partial charge is 0.493 e. The highest BCUT2D eigenvalue weighted by Crippen LogP contribution is 2.40. The Bertz CT molecular complexity index is 1240. The molecule has 3 aromatic rings. The highest BCUT2D eigenvalue weighted by Gasteiger charge is 2.34. The number of hydrogen-bond acceptors (Lipinski definition) is 5. The lowest BCUT2D eigenvalue weighted by Gasteiger charge is -2.33. The number of halogens is 3. The lowest BCUT2D eigenvalue weighted by Crippen LogP contribution is -2.34. The van der Waals surface area contributed by atoms with Crippen LogP contribution in [0.1, 0.15) is 45.1 Å². The molecule has 0 saturated carbocycles. The Morgan fingerprint density at radius 3 is 2.72 bits per heavy atom. The van der Waals surface area contributed by atoms with Crippen LogP contribution in [0, 0.1) is 0 Å². The summed E-state index contributed by atoms with van der Waals surface area (Å²) in [7, 11) is 1.65. The molecule has 0 saturated heterocycles. The minimum atomic E-state index is -4.46. The van der Waals surface area contributed by atoms with Gasteiger partial charge in [0.25, 0.3) is 5.91 Å². The number of rotatable bonds is 2. The Labute approximate surface area is 181 Å². The topological polar surface area (TPSA) is 77.7 Å². The van der Waals surface area contributed by atoms with Crippen LogP contribution in [0.3, 0.4) is 0 Å². The van der Waals surface area contributed by atoms with E-state index in [9.17, 15) is 18.0 Å². The number of benzene rings is 2. The van der Waals surface area contributed by atoms with Gasteiger partial charge in [-0.15, -0.1) is 0 Å². The van der Waals surface area contributed by atoms with Gasteiger partial charge in [-0.1, -0.05) is 6.07 Å². The molecule has 2 aliphatic rings. The molecule has 0 spiro atoms. The third-order valence-electron chi connectivity index (χ3n) is 6.11. The van der Waals surface area contributed by atoms with Crippen molar-refractivity contribution in [3.8, 4) is 5.75 Å². The molecule has 0 bridgehead atoms. The predicted molar refractivity (Wildman–Crippen MR) is 111 cm³/mol. The number of nitrogens with zero attached hydrogens (tertiary/aromatic N) is 2. The van der Waals surface area contributed by atoms with Gasteiger partial charge in [0, 0.05) is 35.5 Å². The fourth-order valence-corrected chi connectivity index (χ4v) is 4.40. The van der Waals surface area contributed by atoms with Crippen molar-refractivity contribution in [2.75, 3.05) is 19.4 Å². The van der Waals surface area contributed by atoms with Gasteiger partial charge in [0.05, 0.1) is 36.9 Å². The normalized spacial score (nSPS) is 17.6. The van der Waals surface area contributed by atoms with Gasteiger partial charge >= 0.3 is 6.18 Å². The van der Waals surface area contributed by atoms with Gasteiger partial charge in [0.15, 0.2) is 0 Å². The molecule has 1 aromatic heterocycles. The number of hydrogen-bond donors (Lipinski definition) is 1. The van der Waals surface area contributed by atoms with Crippen molar-refractivity contribution in [2.24, 2.45) is 0 Å². The van der Waals surface area contributed by atoms with Crippen molar-refractivity contribution in [1.82, 2.24) is 9.88 Å². The smallest absolute Gasteiger partial charge is 0.416 e. The minimum absolute atomic E-state index is 0.156. The SMILES string of the molecule is CN(C(=O)c1ccc2nc(N)c3c(c2c1)COC3)[C@@H]1CCOc2cc(C(F)(F)F)ccc21. The van der Waals surface area contributed by atoms with Crippen molar-refractivity contribution < 1.29 is 27.4 Å². The van der Waals surface area contributed by atoms with E-state index < -0.39 is 17.8 Å². The van der Waals surface area contributed by atoms with Crippen LogP contribution in [-0.2, 0) is 24.1 Å². The number of carbonyl (C=O) groups is 1. The quantitative estimate of drug-likeness (QED) is 0.633. The molecule has 0 radical (unpaired) electrons. The summed E-state index contributed by atoms with van der Waals surface area (Å²) in [5.74, 6) is 0.344. The number of ether oxygens (including phenoxy) is 2. The molecule has 0 aliphatic carbocycles. The lowest BCUT2D eigenvalue weighted by molar-refractivity contribution is -0.137. The van der Waals surface area contributed by atoms with Gasteiger partial charge in [0.2, 0.25) is 0 Å². The Balaban J connectivity index is 1.48. The van der Waals surface area contributed by atoms with Crippen LogP contribution in [0.4, 0.5) is 19.0 Å². The Hall–Kier alpha value is -3.33. The van der Waals surface area contributed by atoms with E-state index in [1.54, 1.807) is 30.1 Å². The number of carbonyl (C=O) groups excluding carboxylic acids is 1. The predicted octanol–water partition coefficient (Wildman–Crippen LogP) is 4.46. The molecular weight excluding hydrogens is 423 g/mol. The molecule has 0 unspecified atom stereocenters. The lowest BCUT2D eigenvalue weighted by atomic mass is 9.96. The van der Waals surface area contributed by atoms with Gasteiger partial charge in [0.1, 0.15) is 11.6 Å². The summed E-state index contributed by atoms with van der Waals surface area (Å²) in [6.45, 7) is 1.02. The number of aromatic nitrogens is 1. The zero-order valence-corrected chi connectivity index (χ0v) is 17.2. The number of pyridine rings is 1. The number of nitrogen functional groups attached to an aromatic ring is 1. The van der Waals surface area contributed by atoms with Gasteiger partial charge in [-0.25, -0.2) is 4.98 Å². The molecule has 32 heavy (non-hydrogen) atoms. The maximum Gasteiger partial charge on any atom is 0.416 e. The Morgan fingerprint density at radius 1 is 1.16 bits per heavy atom. The number of fused-ring (bicyclic) bond motifs is 4. The number of anilines is 1. The van der Waals surface area contributed by atoms with Crippen molar-refractivity contribution in [1.29, 1.82) is 0 Å².